The maximum absolute atomic E-state index is 12.6. The molecule has 1 aliphatic heterocycles. The van der Waals surface area contributed by atoms with Gasteiger partial charge in [-0.05, 0) is 85.3 Å². The van der Waals surface area contributed by atoms with Crippen LogP contribution in [0.5, 0.6) is 5.75 Å². The van der Waals surface area contributed by atoms with E-state index >= 15 is 0 Å². The normalized spacial score (nSPS) is 40.4. The van der Waals surface area contributed by atoms with E-state index in [2.05, 4.69) is 25.2 Å². The van der Waals surface area contributed by atoms with Gasteiger partial charge >= 0.3 is 0 Å². The smallest absolute Gasteiger partial charge is 0.247 e. The van der Waals surface area contributed by atoms with Crippen molar-refractivity contribution in [2.45, 2.75) is 64.8 Å². The summed E-state index contributed by atoms with van der Waals surface area (Å²) in [7, 11) is 1.59. The molecular formula is C27H36N2O3. The summed E-state index contributed by atoms with van der Waals surface area (Å²) in [4.78, 5) is 23.2. The average molecular weight is 437 g/mol. The molecule has 1 aromatic carbocycles. The van der Waals surface area contributed by atoms with E-state index in [1.807, 2.05) is 18.2 Å². The van der Waals surface area contributed by atoms with Crippen LogP contribution in [0.3, 0.4) is 0 Å². The van der Waals surface area contributed by atoms with Crippen molar-refractivity contribution >= 4 is 11.8 Å². The first-order chi connectivity index (χ1) is 15.3. The molecule has 0 aromatic heterocycles. The van der Waals surface area contributed by atoms with Crippen molar-refractivity contribution in [2.24, 2.45) is 40.2 Å². The predicted molar refractivity (Wildman–Crippen MR) is 124 cm³/mol. The van der Waals surface area contributed by atoms with E-state index in [-0.39, 0.29) is 23.7 Å². The second kappa shape index (κ2) is 7.64. The number of primary amides is 1. The number of nitrogens with two attached hydrogens (primary N) is 1. The summed E-state index contributed by atoms with van der Waals surface area (Å²) < 4.78 is 4.98. The van der Waals surface area contributed by atoms with Crippen molar-refractivity contribution in [3.63, 3.8) is 0 Å². The Hall–Kier alpha value is -2.30. The highest BCUT2D eigenvalue weighted by Gasteiger charge is 2.63. The van der Waals surface area contributed by atoms with E-state index in [9.17, 15) is 9.59 Å². The van der Waals surface area contributed by atoms with Crippen LogP contribution in [-0.4, -0.2) is 25.0 Å². The second-order valence-electron chi connectivity index (χ2n) is 11.1. The lowest BCUT2D eigenvalue weighted by molar-refractivity contribution is -0.129. The minimum atomic E-state index is -0.330. The second-order valence-corrected chi connectivity index (χ2v) is 11.1. The van der Waals surface area contributed by atoms with Gasteiger partial charge in [-0.1, -0.05) is 32.1 Å². The Kier molecular flexibility index (Phi) is 5.14. The number of ether oxygens (including phenoxy) is 1. The fraction of sp³-hybridized carbons (Fsp3) is 0.630. The first kappa shape index (κ1) is 21.5. The van der Waals surface area contributed by atoms with Gasteiger partial charge in [-0.15, -0.1) is 0 Å². The molecule has 5 nitrogen and oxygen atoms in total. The van der Waals surface area contributed by atoms with Gasteiger partial charge in [0.25, 0.3) is 0 Å². The minimum Gasteiger partial charge on any atom is -0.497 e. The van der Waals surface area contributed by atoms with Crippen molar-refractivity contribution in [1.82, 2.24) is 5.32 Å². The van der Waals surface area contributed by atoms with Gasteiger partial charge in [0.2, 0.25) is 11.8 Å². The quantitative estimate of drug-likeness (QED) is 0.751. The molecule has 6 aliphatic rings. The highest BCUT2D eigenvalue weighted by atomic mass is 16.5. The number of benzene rings is 1. The van der Waals surface area contributed by atoms with E-state index in [0.717, 1.165) is 29.1 Å². The Bertz CT molecular complexity index is 971. The molecule has 0 radical (unpaired) electrons. The molecule has 7 bridgehead atoms. The maximum atomic E-state index is 12.6. The Morgan fingerprint density at radius 2 is 1.97 bits per heavy atom. The summed E-state index contributed by atoms with van der Waals surface area (Å²) in [6.45, 7) is 4.95. The van der Waals surface area contributed by atoms with Crippen LogP contribution in [0.25, 0.3) is 0 Å². The van der Waals surface area contributed by atoms with Crippen LogP contribution in [0, 0.1) is 34.5 Å². The zero-order chi connectivity index (χ0) is 22.7. The molecule has 2 unspecified atom stereocenters. The zero-order valence-electron chi connectivity index (χ0n) is 19.5. The number of amides is 2. The minimum absolute atomic E-state index is 0.245. The lowest BCUT2D eigenvalue weighted by atomic mass is 9.45. The molecule has 3 saturated carbocycles. The molecule has 5 aliphatic carbocycles. The van der Waals surface area contributed by atoms with E-state index in [0.29, 0.717) is 17.4 Å². The first-order valence-electron chi connectivity index (χ1n) is 12.2. The molecule has 5 heteroatoms. The van der Waals surface area contributed by atoms with Gasteiger partial charge < -0.3 is 15.8 Å². The molecule has 3 N–H and O–H groups in total. The summed E-state index contributed by atoms with van der Waals surface area (Å²) >= 11 is 0. The first-order valence-corrected chi connectivity index (χ1v) is 12.2. The maximum Gasteiger partial charge on any atom is 0.247 e. The Labute approximate surface area is 191 Å². The third kappa shape index (κ3) is 3.19. The highest BCUT2D eigenvalue weighted by Crippen LogP contribution is 2.68. The lowest BCUT2D eigenvalue weighted by Crippen LogP contribution is -2.62. The van der Waals surface area contributed by atoms with E-state index in [1.165, 1.54) is 44.1 Å². The third-order valence-electron chi connectivity index (χ3n) is 9.70. The molecule has 2 amide bonds. The summed E-state index contributed by atoms with van der Waals surface area (Å²) in [6.07, 6.45) is 10.6. The number of methoxy groups -OCH3 is 1. The molecule has 1 aromatic rings. The van der Waals surface area contributed by atoms with Gasteiger partial charge in [0.05, 0.1) is 13.5 Å². The molecule has 0 saturated heterocycles. The fourth-order valence-corrected chi connectivity index (χ4v) is 8.22. The molecule has 3 fully saturated rings. The number of nitrogens with one attached hydrogen (secondary N) is 1. The highest BCUT2D eigenvalue weighted by molar-refractivity contribution is 5.95. The summed E-state index contributed by atoms with van der Waals surface area (Å²) in [5.41, 5.74) is 7.74. The average Bonchev–Trinajstić information content (AvgIpc) is 3.10. The number of fused-ring (bicyclic) bond motifs is 1. The van der Waals surface area contributed by atoms with Gasteiger partial charge in [-0.2, -0.15) is 0 Å². The number of rotatable bonds is 3. The Balaban J connectivity index is 0.000000156. The van der Waals surface area contributed by atoms with Crippen molar-refractivity contribution in [3.05, 3.63) is 41.5 Å². The van der Waals surface area contributed by atoms with E-state index < -0.39 is 0 Å². The van der Waals surface area contributed by atoms with Gasteiger partial charge in [-0.3, -0.25) is 9.59 Å². The molecule has 7 atom stereocenters. The van der Waals surface area contributed by atoms with Crippen molar-refractivity contribution < 1.29 is 14.3 Å². The SMILES string of the molecule is COc1cccc(CC(N)=O)c1.C[C@]12C=C3C(=O)NC1CC[C@@H]1[C@H]2CC[C@]2(C)C3CC[C@@H]12. The van der Waals surface area contributed by atoms with Crippen LogP contribution in [-0.2, 0) is 16.0 Å². The van der Waals surface area contributed by atoms with Crippen LogP contribution in [0.4, 0.5) is 0 Å². The van der Waals surface area contributed by atoms with Crippen LogP contribution in [0.2, 0.25) is 0 Å². The number of hydrogen-bond acceptors (Lipinski definition) is 3. The van der Waals surface area contributed by atoms with Crippen molar-refractivity contribution in [3.8, 4) is 5.75 Å². The standard InChI is InChI=1S/C18H25NO.C9H11NO2/c1-17-8-7-14-10-3-6-15-18(14,2)9-11(16(20)19-15)13(17)5-4-12(10)17;1-12-8-4-2-3-7(5-8)6-9(10)11/h9-10,12-15H,3-8H2,1-2H3,(H,19,20);2-5H,6H2,1H3,(H2,10,11)/t10-,12-,13?,14+,15?,17-,18+;/m0./s1. The van der Waals surface area contributed by atoms with Crippen molar-refractivity contribution in [2.75, 3.05) is 7.11 Å². The van der Waals surface area contributed by atoms with Gasteiger partial charge in [-0.25, -0.2) is 0 Å². The van der Waals surface area contributed by atoms with Crippen LogP contribution >= 0.6 is 0 Å². The van der Waals surface area contributed by atoms with Gasteiger partial charge in [0.1, 0.15) is 5.75 Å². The van der Waals surface area contributed by atoms with Crippen LogP contribution in [0.1, 0.15) is 57.9 Å². The lowest BCUT2D eigenvalue weighted by Gasteiger charge is -2.62. The summed E-state index contributed by atoms with van der Waals surface area (Å²) in [5, 5.41) is 3.39. The summed E-state index contributed by atoms with van der Waals surface area (Å²) in [5.74, 6) is 3.85. The Morgan fingerprint density at radius 3 is 2.72 bits per heavy atom. The predicted octanol–water partition coefficient (Wildman–Crippen LogP) is 4.01. The molecule has 7 rings (SSSR count). The molecule has 1 heterocycles. The Morgan fingerprint density at radius 1 is 1.16 bits per heavy atom. The molecule has 172 valence electrons. The number of hydrogen-bond donors (Lipinski definition) is 2. The number of carbonyl (C=O) groups excluding carboxylic acids is 2. The van der Waals surface area contributed by atoms with E-state index in [1.54, 1.807) is 13.2 Å². The fourth-order valence-electron chi connectivity index (χ4n) is 8.22. The van der Waals surface area contributed by atoms with Crippen molar-refractivity contribution in [1.29, 1.82) is 0 Å². The largest absolute Gasteiger partial charge is 0.497 e. The third-order valence-corrected chi connectivity index (χ3v) is 9.70. The topological polar surface area (TPSA) is 81.4 Å². The molecular weight excluding hydrogens is 400 g/mol. The zero-order valence-corrected chi connectivity index (χ0v) is 19.5. The monoisotopic (exact) mass is 436 g/mol. The van der Waals surface area contributed by atoms with Gasteiger partial charge in [0, 0.05) is 17.0 Å². The number of carbonyl (C=O) groups is 2. The van der Waals surface area contributed by atoms with Crippen LogP contribution in [0.15, 0.2) is 35.9 Å². The van der Waals surface area contributed by atoms with Crippen LogP contribution < -0.4 is 15.8 Å². The molecule has 0 spiro atoms. The summed E-state index contributed by atoms with van der Waals surface area (Å²) in [6, 6.07) is 7.70. The van der Waals surface area contributed by atoms with Gasteiger partial charge in [0.15, 0.2) is 0 Å². The van der Waals surface area contributed by atoms with E-state index in [4.69, 9.17) is 10.5 Å². The molecule has 32 heavy (non-hydrogen) atoms.